The van der Waals surface area contributed by atoms with Crippen LogP contribution in [0.25, 0.3) is 0 Å². The molecule has 0 unspecified atom stereocenters. The van der Waals surface area contributed by atoms with Gasteiger partial charge in [0.1, 0.15) is 11.9 Å². The molecule has 140 valence electrons. The van der Waals surface area contributed by atoms with Crippen molar-refractivity contribution in [3.8, 4) is 5.75 Å². The lowest BCUT2D eigenvalue weighted by Gasteiger charge is -2.50. The molecule has 3 aliphatic rings. The largest absolute Gasteiger partial charge is 0.427 e. The van der Waals surface area contributed by atoms with Crippen molar-refractivity contribution in [2.75, 3.05) is 0 Å². The van der Waals surface area contributed by atoms with Gasteiger partial charge >= 0.3 is 5.97 Å². The fraction of sp³-hybridized carbons (Fsp3) is 0.650. The molecule has 1 aromatic carbocycles. The number of hydrogen-bond donors (Lipinski definition) is 0. The van der Waals surface area contributed by atoms with Crippen molar-refractivity contribution in [2.45, 2.75) is 64.4 Å². The minimum absolute atomic E-state index is 0.0938. The average molecular weight is 359 g/mol. The lowest BCUT2D eigenvalue weighted by molar-refractivity contribution is -0.772. The van der Waals surface area contributed by atoms with Gasteiger partial charge in [0.15, 0.2) is 0 Å². The van der Waals surface area contributed by atoms with E-state index in [0.29, 0.717) is 23.5 Å². The van der Waals surface area contributed by atoms with Crippen LogP contribution in [0.4, 0.5) is 0 Å². The Kier molecular flexibility index (Phi) is 4.16. The maximum Gasteiger partial charge on any atom is 0.308 e. The topological polar surface area (TPSA) is 78.7 Å². The summed E-state index contributed by atoms with van der Waals surface area (Å²) in [6.07, 6.45) is 5.58. The van der Waals surface area contributed by atoms with Crippen LogP contribution in [-0.4, -0.2) is 17.2 Å². The first-order chi connectivity index (χ1) is 12.4. The zero-order chi connectivity index (χ0) is 18.5. The number of nitrogens with zero attached hydrogens (tertiary/aromatic N) is 1. The van der Waals surface area contributed by atoms with Crippen molar-refractivity contribution in [3.63, 3.8) is 0 Å². The normalized spacial score (nSPS) is 35.0. The molecule has 0 spiro atoms. The van der Waals surface area contributed by atoms with Gasteiger partial charge in [-0.2, -0.15) is 0 Å². The summed E-state index contributed by atoms with van der Waals surface area (Å²) in [7, 11) is 0. The second-order valence-electron chi connectivity index (χ2n) is 8.31. The Bertz CT molecular complexity index is 748. The van der Waals surface area contributed by atoms with Crippen LogP contribution in [0.15, 0.2) is 18.2 Å². The number of esters is 1. The van der Waals surface area contributed by atoms with Crippen molar-refractivity contribution < 1.29 is 19.5 Å². The summed E-state index contributed by atoms with van der Waals surface area (Å²) in [4.78, 5) is 27.1. The quantitative estimate of drug-likeness (QED) is 0.352. The summed E-state index contributed by atoms with van der Waals surface area (Å²) in [5, 5.41) is 10.3. The first kappa shape index (κ1) is 17.3. The predicted molar refractivity (Wildman–Crippen MR) is 94.2 cm³/mol. The second-order valence-corrected chi connectivity index (χ2v) is 8.31. The van der Waals surface area contributed by atoms with Crippen LogP contribution >= 0.6 is 0 Å². The van der Waals surface area contributed by atoms with E-state index in [1.807, 2.05) is 12.1 Å². The Morgan fingerprint density at radius 2 is 2.08 bits per heavy atom. The highest BCUT2D eigenvalue weighted by molar-refractivity contribution is 5.69. The van der Waals surface area contributed by atoms with Crippen molar-refractivity contribution in [1.29, 1.82) is 0 Å². The molecular weight excluding hydrogens is 334 g/mol. The predicted octanol–water partition coefficient (Wildman–Crippen LogP) is 4.04. The molecule has 6 heteroatoms. The fourth-order valence-corrected chi connectivity index (χ4v) is 6.02. The van der Waals surface area contributed by atoms with Gasteiger partial charge in [-0.3, -0.25) is 4.79 Å². The molecule has 5 atom stereocenters. The van der Waals surface area contributed by atoms with Gasteiger partial charge in [0.2, 0.25) is 0 Å². The van der Waals surface area contributed by atoms with Crippen LogP contribution in [-0.2, 0) is 16.1 Å². The number of aryl methyl sites for hydroxylation is 1. The van der Waals surface area contributed by atoms with E-state index in [-0.39, 0.29) is 17.5 Å². The SMILES string of the molecule is CC(=O)Oc1ccc2c(c1)CC[C@@H]1[C@@H]2CC[C@]2(C)[C@@H](O[N+](=O)[O-])CC[C@@H]12. The van der Waals surface area contributed by atoms with E-state index >= 15 is 0 Å². The Morgan fingerprint density at radius 1 is 1.27 bits per heavy atom. The standard InChI is InChI=1S/C20H25NO5/c1-12(22)25-14-4-6-15-13(11-14)3-5-17-16(15)9-10-20(2)18(17)7-8-19(20)26-21(23)24/h4,6,11,16-19H,3,5,7-10H2,1-2H3/t16-,17-,18+,19+,20+/m1/s1. The third kappa shape index (κ3) is 2.75. The van der Waals surface area contributed by atoms with E-state index in [4.69, 9.17) is 9.57 Å². The van der Waals surface area contributed by atoms with Crippen LogP contribution < -0.4 is 4.74 Å². The summed E-state index contributed by atoms with van der Waals surface area (Å²) < 4.78 is 5.23. The molecule has 0 bridgehead atoms. The lowest BCUT2D eigenvalue weighted by Crippen LogP contribution is -2.45. The Labute approximate surface area is 153 Å². The van der Waals surface area contributed by atoms with Crippen LogP contribution in [0.2, 0.25) is 0 Å². The molecule has 0 N–H and O–H groups in total. The van der Waals surface area contributed by atoms with Gasteiger partial charge in [-0.05, 0) is 85.0 Å². The lowest BCUT2D eigenvalue weighted by atomic mass is 9.55. The molecule has 0 aliphatic heterocycles. The van der Waals surface area contributed by atoms with E-state index in [0.717, 1.165) is 38.5 Å². The van der Waals surface area contributed by atoms with Crippen molar-refractivity contribution in [1.82, 2.24) is 0 Å². The second kappa shape index (κ2) is 6.25. The summed E-state index contributed by atoms with van der Waals surface area (Å²) in [6, 6.07) is 6.02. The van der Waals surface area contributed by atoms with Gasteiger partial charge in [0.25, 0.3) is 5.09 Å². The van der Waals surface area contributed by atoms with Gasteiger partial charge in [-0.15, -0.1) is 10.1 Å². The Hall–Kier alpha value is -2.11. The third-order valence-corrected chi connectivity index (χ3v) is 7.09. The molecule has 0 amide bonds. The minimum Gasteiger partial charge on any atom is -0.427 e. The Balaban J connectivity index is 1.58. The van der Waals surface area contributed by atoms with Crippen LogP contribution in [0.5, 0.6) is 5.75 Å². The molecule has 4 rings (SSSR count). The first-order valence-electron chi connectivity index (χ1n) is 9.51. The molecule has 1 aromatic rings. The Morgan fingerprint density at radius 3 is 2.81 bits per heavy atom. The number of ether oxygens (including phenoxy) is 1. The van der Waals surface area contributed by atoms with Crippen molar-refractivity contribution >= 4 is 5.97 Å². The molecule has 3 aliphatic carbocycles. The highest BCUT2D eigenvalue weighted by Crippen LogP contribution is 2.61. The van der Waals surface area contributed by atoms with Gasteiger partial charge < -0.3 is 9.57 Å². The zero-order valence-electron chi connectivity index (χ0n) is 15.3. The molecule has 6 nitrogen and oxygen atoms in total. The molecule has 0 aromatic heterocycles. The van der Waals surface area contributed by atoms with E-state index in [9.17, 15) is 14.9 Å². The van der Waals surface area contributed by atoms with Gasteiger partial charge in [0, 0.05) is 6.92 Å². The van der Waals surface area contributed by atoms with E-state index in [1.165, 1.54) is 18.1 Å². The van der Waals surface area contributed by atoms with Gasteiger partial charge in [-0.25, -0.2) is 0 Å². The number of fused-ring (bicyclic) bond motifs is 5. The third-order valence-electron chi connectivity index (χ3n) is 7.09. The van der Waals surface area contributed by atoms with Crippen molar-refractivity contribution in [3.05, 3.63) is 39.4 Å². The van der Waals surface area contributed by atoms with Gasteiger partial charge in [0.05, 0.1) is 0 Å². The summed E-state index contributed by atoms with van der Waals surface area (Å²) >= 11 is 0. The van der Waals surface area contributed by atoms with E-state index in [1.54, 1.807) is 0 Å². The number of rotatable bonds is 3. The number of carbonyl (C=O) groups excluding carboxylic acids is 1. The maximum atomic E-state index is 11.2. The van der Waals surface area contributed by atoms with Crippen molar-refractivity contribution in [2.24, 2.45) is 17.3 Å². The summed E-state index contributed by atoms with van der Waals surface area (Å²) in [5.74, 6) is 1.86. The number of benzene rings is 1. The summed E-state index contributed by atoms with van der Waals surface area (Å²) in [6.45, 7) is 3.61. The number of hydrogen-bond acceptors (Lipinski definition) is 5. The molecule has 2 saturated carbocycles. The monoisotopic (exact) mass is 359 g/mol. The first-order valence-corrected chi connectivity index (χ1v) is 9.51. The fourth-order valence-electron chi connectivity index (χ4n) is 6.02. The maximum absolute atomic E-state index is 11.2. The highest BCUT2D eigenvalue weighted by atomic mass is 17.0. The smallest absolute Gasteiger partial charge is 0.308 e. The summed E-state index contributed by atoms with van der Waals surface area (Å²) in [5.41, 5.74) is 2.56. The van der Waals surface area contributed by atoms with Crippen LogP contribution in [0, 0.1) is 27.4 Å². The van der Waals surface area contributed by atoms with E-state index < -0.39 is 5.09 Å². The van der Waals surface area contributed by atoms with Crippen LogP contribution in [0.1, 0.15) is 63.0 Å². The molecule has 0 saturated heterocycles. The molecule has 2 fully saturated rings. The zero-order valence-corrected chi connectivity index (χ0v) is 15.3. The molecule has 0 heterocycles. The van der Waals surface area contributed by atoms with E-state index in [2.05, 4.69) is 13.0 Å². The molecular formula is C20H25NO5. The highest BCUT2D eigenvalue weighted by Gasteiger charge is 2.56. The molecule has 0 radical (unpaired) electrons. The van der Waals surface area contributed by atoms with Gasteiger partial charge in [-0.1, -0.05) is 13.0 Å². The number of carbonyl (C=O) groups is 1. The minimum atomic E-state index is -0.614. The molecule has 26 heavy (non-hydrogen) atoms. The van der Waals surface area contributed by atoms with Crippen LogP contribution in [0.3, 0.4) is 0 Å². The average Bonchev–Trinajstić information content (AvgIpc) is 2.90.